The molecule has 4 nitrogen and oxygen atoms in total. The van der Waals surface area contributed by atoms with Crippen LogP contribution in [-0.2, 0) is 16.1 Å². The molecule has 0 radical (unpaired) electrons. The molecule has 104 valence electrons. The van der Waals surface area contributed by atoms with Gasteiger partial charge < -0.3 is 9.14 Å². The summed E-state index contributed by atoms with van der Waals surface area (Å²) in [5, 5.41) is 0. The fraction of sp³-hybridized carbons (Fsp3) is 0.250. The molecular formula is C16H17NO3. The van der Waals surface area contributed by atoms with Crippen LogP contribution in [0, 0.1) is 0 Å². The van der Waals surface area contributed by atoms with Gasteiger partial charge in [0, 0.05) is 24.4 Å². The number of fused-ring (bicyclic) bond motifs is 1. The van der Waals surface area contributed by atoms with Crippen molar-refractivity contribution < 1.29 is 14.3 Å². The number of rotatable bonds is 5. The Morgan fingerprint density at radius 2 is 2.15 bits per heavy atom. The van der Waals surface area contributed by atoms with Crippen molar-refractivity contribution in [3.05, 3.63) is 47.3 Å². The van der Waals surface area contributed by atoms with E-state index in [-0.39, 0.29) is 0 Å². The van der Waals surface area contributed by atoms with Crippen LogP contribution in [-0.4, -0.2) is 23.6 Å². The predicted molar refractivity (Wildman–Crippen MR) is 77.8 cm³/mol. The molecule has 0 amide bonds. The number of aldehydes is 1. The van der Waals surface area contributed by atoms with E-state index in [4.69, 9.17) is 4.74 Å². The normalized spacial score (nSPS) is 11.8. The number of pyridine rings is 1. The maximum absolute atomic E-state index is 12.0. The lowest BCUT2D eigenvalue weighted by molar-refractivity contribution is -0.104. The minimum Gasteiger partial charge on any atom is -0.380 e. The molecule has 0 aliphatic carbocycles. The Morgan fingerprint density at radius 1 is 1.40 bits per heavy atom. The van der Waals surface area contributed by atoms with Gasteiger partial charge in [0.25, 0.3) is 0 Å². The van der Waals surface area contributed by atoms with Crippen LogP contribution in [0.1, 0.15) is 35.5 Å². The highest BCUT2D eigenvalue weighted by Crippen LogP contribution is 2.30. The second-order valence-corrected chi connectivity index (χ2v) is 4.54. The second-order valence-electron chi connectivity index (χ2n) is 4.54. The van der Waals surface area contributed by atoms with Crippen molar-refractivity contribution in [1.29, 1.82) is 0 Å². The number of ketones is 1. The lowest BCUT2D eigenvalue weighted by Crippen LogP contribution is -2.07. The van der Waals surface area contributed by atoms with E-state index in [0.717, 1.165) is 22.2 Å². The van der Waals surface area contributed by atoms with Crippen LogP contribution < -0.4 is 0 Å². The molecule has 2 heterocycles. The fourth-order valence-corrected chi connectivity index (χ4v) is 2.43. The van der Waals surface area contributed by atoms with Crippen molar-refractivity contribution in [2.75, 3.05) is 7.11 Å². The molecule has 0 unspecified atom stereocenters. The van der Waals surface area contributed by atoms with Crippen LogP contribution in [0.3, 0.4) is 0 Å². The number of hydrogen-bond acceptors (Lipinski definition) is 3. The Labute approximate surface area is 117 Å². The zero-order valence-corrected chi connectivity index (χ0v) is 11.8. The summed E-state index contributed by atoms with van der Waals surface area (Å²) >= 11 is 0. The second kappa shape index (κ2) is 5.84. The van der Waals surface area contributed by atoms with E-state index in [1.54, 1.807) is 17.7 Å². The molecule has 2 aromatic heterocycles. The minimum absolute atomic E-state index is 0.359. The van der Waals surface area contributed by atoms with Gasteiger partial charge in [-0.1, -0.05) is 12.1 Å². The zero-order chi connectivity index (χ0) is 14.7. The molecule has 0 spiro atoms. The van der Waals surface area contributed by atoms with E-state index in [1.165, 1.54) is 0 Å². The summed E-state index contributed by atoms with van der Waals surface area (Å²) in [5.74, 6) is -0.523. The summed E-state index contributed by atoms with van der Waals surface area (Å²) in [6, 6.07) is 5.65. The highest BCUT2D eigenvalue weighted by molar-refractivity contribution is 6.34. The molecule has 0 N–H and O–H groups in total. The molecular weight excluding hydrogens is 254 g/mol. The first-order valence-corrected chi connectivity index (χ1v) is 6.39. The van der Waals surface area contributed by atoms with Gasteiger partial charge in [0.15, 0.2) is 6.29 Å². The fourth-order valence-electron chi connectivity index (χ4n) is 2.43. The molecule has 0 atom stereocenters. The third-order valence-corrected chi connectivity index (χ3v) is 3.41. The summed E-state index contributed by atoms with van der Waals surface area (Å²) in [7, 11) is 1.61. The summed E-state index contributed by atoms with van der Waals surface area (Å²) in [6.07, 6.45) is 4.07. The first-order valence-electron chi connectivity index (χ1n) is 6.39. The SMILES string of the molecule is C/C=C(\C)c1c(COC)c2ccccn2c1C(=O)C=O. The number of hydrogen-bond donors (Lipinski definition) is 0. The molecule has 2 aromatic rings. The molecule has 0 aliphatic heterocycles. The topological polar surface area (TPSA) is 47.8 Å². The van der Waals surface area contributed by atoms with Gasteiger partial charge in [-0.15, -0.1) is 0 Å². The molecule has 0 aromatic carbocycles. The molecule has 4 heteroatoms. The molecule has 20 heavy (non-hydrogen) atoms. The lowest BCUT2D eigenvalue weighted by Gasteiger charge is -2.05. The van der Waals surface area contributed by atoms with Crippen LogP contribution in [0.5, 0.6) is 0 Å². The average Bonchev–Trinajstić information content (AvgIpc) is 2.81. The van der Waals surface area contributed by atoms with E-state index in [0.29, 0.717) is 18.6 Å². The number of allylic oxidation sites excluding steroid dienone is 2. The molecule has 2 rings (SSSR count). The quantitative estimate of drug-likeness (QED) is 0.477. The first kappa shape index (κ1) is 14.2. The third kappa shape index (κ3) is 2.18. The Balaban J connectivity index is 2.92. The standard InChI is InChI=1S/C16H17NO3/c1-4-11(2)15-12(10-20-3)13-7-5-6-8-17(13)16(15)14(19)9-18/h4-9H,10H2,1-3H3/b11-4+. The van der Waals surface area contributed by atoms with Crippen molar-refractivity contribution in [2.24, 2.45) is 0 Å². The van der Waals surface area contributed by atoms with Gasteiger partial charge in [-0.25, -0.2) is 0 Å². The van der Waals surface area contributed by atoms with Crippen molar-refractivity contribution in [3.8, 4) is 0 Å². The van der Waals surface area contributed by atoms with Gasteiger partial charge >= 0.3 is 0 Å². The molecule has 0 saturated carbocycles. The summed E-state index contributed by atoms with van der Waals surface area (Å²) in [4.78, 5) is 23.0. The third-order valence-electron chi connectivity index (χ3n) is 3.41. The van der Waals surface area contributed by atoms with Crippen LogP contribution in [0.15, 0.2) is 30.5 Å². The molecule has 0 bridgehead atoms. The molecule has 0 saturated heterocycles. The first-order chi connectivity index (χ1) is 9.65. The van der Waals surface area contributed by atoms with E-state index < -0.39 is 5.78 Å². The van der Waals surface area contributed by atoms with Crippen LogP contribution in [0.4, 0.5) is 0 Å². The number of aromatic nitrogens is 1. The van der Waals surface area contributed by atoms with Gasteiger partial charge in [-0.3, -0.25) is 9.59 Å². The molecule has 0 aliphatic rings. The number of carbonyl (C=O) groups excluding carboxylic acids is 2. The van der Waals surface area contributed by atoms with Gasteiger partial charge in [0.2, 0.25) is 5.78 Å². The van der Waals surface area contributed by atoms with Crippen molar-refractivity contribution in [1.82, 2.24) is 4.40 Å². The van der Waals surface area contributed by atoms with Crippen LogP contribution in [0.2, 0.25) is 0 Å². The maximum atomic E-state index is 12.0. The Bertz CT molecular complexity index is 695. The number of methoxy groups -OCH3 is 1. The van der Waals surface area contributed by atoms with Crippen molar-refractivity contribution >= 4 is 23.2 Å². The van der Waals surface area contributed by atoms with Crippen LogP contribution >= 0.6 is 0 Å². The highest BCUT2D eigenvalue weighted by atomic mass is 16.5. The van der Waals surface area contributed by atoms with E-state index in [1.807, 2.05) is 38.1 Å². The average molecular weight is 271 g/mol. The number of ether oxygens (including phenoxy) is 1. The summed E-state index contributed by atoms with van der Waals surface area (Å²) < 4.78 is 7.02. The van der Waals surface area contributed by atoms with Gasteiger partial charge in [-0.05, 0) is 31.6 Å². The predicted octanol–water partition coefficient (Wildman–Crippen LogP) is 2.89. The largest absolute Gasteiger partial charge is 0.380 e. The van der Waals surface area contributed by atoms with Gasteiger partial charge in [-0.2, -0.15) is 0 Å². The van der Waals surface area contributed by atoms with E-state index >= 15 is 0 Å². The number of carbonyl (C=O) groups is 2. The Hall–Kier alpha value is -2.20. The smallest absolute Gasteiger partial charge is 0.242 e. The lowest BCUT2D eigenvalue weighted by atomic mass is 10.0. The maximum Gasteiger partial charge on any atom is 0.242 e. The Kier molecular flexibility index (Phi) is 4.15. The Morgan fingerprint density at radius 3 is 2.75 bits per heavy atom. The summed E-state index contributed by atoms with van der Waals surface area (Å²) in [5.41, 5.74) is 3.95. The summed E-state index contributed by atoms with van der Waals surface area (Å²) in [6.45, 7) is 4.22. The monoisotopic (exact) mass is 271 g/mol. The van der Waals surface area contributed by atoms with E-state index in [2.05, 4.69) is 0 Å². The minimum atomic E-state index is -0.523. The van der Waals surface area contributed by atoms with Crippen molar-refractivity contribution in [2.45, 2.75) is 20.5 Å². The van der Waals surface area contributed by atoms with Crippen LogP contribution in [0.25, 0.3) is 11.1 Å². The van der Waals surface area contributed by atoms with Crippen molar-refractivity contribution in [3.63, 3.8) is 0 Å². The number of Topliss-reactive ketones (excluding diaryl/α,β-unsaturated/α-hetero) is 1. The van der Waals surface area contributed by atoms with E-state index in [9.17, 15) is 9.59 Å². The number of nitrogens with zero attached hydrogens (tertiary/aromatic N) is 1. The zero-order valence-electron chi connectivity index (χ0n) is 11.8. The molecule has 0 fully saturated rings. The van der Waals surface area contributed by atoms with Gasteiger partial charge in [0.1, 0.15) is 5.69 Å². The highest BCUT2D eigenvalue weighted by Gasteiger charge is 2.23. The van der Waals surface area contributed by atoms with Gasteiger partial charge in [0.05, 0.1) is 12.1 Å².